The van der Waals surface area contributed by atoms with Crippen LogP contribution in [-0.2, 0) is 19.6 Å². The Morgan fingerprint density at radius 2 is 2.23 bits per heavy atom. The highest BCUT2D eigenvalue weighted by molar-refractivity contribution is 5.85. The van der Waals surface area contributed by atoms with E-state index in [-0.39, 0.29) is 0 Å². The molecule has 0 atom stereocenters. The molecule has 3 heterocycles. The number of fused-ring (bicyclic) bond motifs is 2. The quantitative estimate of drug-likeness (QED) is 0.808. The molecule has 114 valence electrons. The molecule has 0 amide bonds. The summed E-state index contributed by atoms with van der Waals surface area (Å²) in [7, 11) is 1.71. The molecule has 5 heteroatoms. The van der Waals surface area contributed by atoms with Gasteiger partial charge in [0, 0.05) is 49.0 Å². The summed E-state index contributed by atoms with van der Waals surface area (Å²) >= 11 is 0. The first kappa shape index (κ1) is 13.4. The minimum absolute atomic E-state index is 0.906. The normalized spacial score (nSPS) is 15.2. The highest BCUT2D eigenvalue weighted by Crippen LogP contribution is 2.27. The van der Waals surface area contributed by atoms with Crippen molar-refractivity contribution in [3.63, 3.8) is 0 Å². The summed E-state index contributed by atoms with van der Waals surface area (Å²) in [5.74, 6) is 0.906. The minimum Gasteiger partial charge on any atom is -0.497 e. The maximum Gasteiger partial charge on any atom is 0.119 e. The van der Waals surface area contributed by atoms with Gasteiger partial charge in [-0.25, -0.2) is 4.98 Å². The molecule has 0 saturated heterocycles. The van der Waals surface area contributed by atoms with Gasteiger partial charge in [-0.2, -0.15) is 0 Å². The molecule has 0 aliphatic carbocycles. The largest absolute Gasteiger partial charge is 0.497 e. The van der Waals surface area contributed by atoms with Gasteiger partial charge < -0.3 is 14.3 Å². The SMILES string of the molecule is COc1ccc2[nH]c(CN3CCn4cncc4C3)c(C)c2c1. The van der Waals surface area contributed by atoms with E-state index >= 15 is 0 Å². The van der Waals surface area contributed by atoms with Crippen molar-refractivity contribution in [2.75, 3.05) is 13.7 Å². The molecule has 0 fully saturated rings. The molecule has 0 bridgehead atoms. The number of nitrogens with one attached hydrogen (secondary N) is 1. The first-order valence-corrected chi connectivity index (χ1v) is 7.61. The van der Waals surface area contributed by atoms with Gasteiger partial charge >= 0.3 is 0 Å². The molecule has 0 spiro atoms. The van der Waals surface area contributed by atoms with Crippen molar-refractivity contribution in [1.29, 1.82) is 0 Å². The minimum atomic E-state index is 0.906. The number of aromatic amines is 1. The van der Waals surface area contributed by atoms with E-state index in [1.807, 2.05) is 18.6 Å². The van der Waals surface area contributed by atoms with Crippen LogP contribution in [0.1, 0.15) is 17.0 Å². The van der Waals surface area contributed by atoms with Gasteiger partial charge in [-0.1, -0.05) is 0 Å². The van der Waals surface area contributed by atoms with Gasteiger partial charge in [0.2, 0.25) is 0 Å². The number of ether oxygens (including phenoxy) is 1. The number of benzene rings is 1. The molecule has 1 aliphatic rings. The summed E-state index contributed by atoms with van der Waals surface area (Å²) in [6.07, 6.45) is 3.89. The highest BCUT2D eigenvalue weighted by atomic mass is 16.5. The van der Waals surface area contributed by atoms with Crippen molar-refractivity contribution in [2.45, 2.75) is 26.6 Å². The van der Waals surface area contributed by atoms with Crippen LogP contribution in [0.5, 0.6) is 5.75 Å². The lowest BCUT2D eigenvalue weighted by Gasteiger charge is -2.27. The number of methoxy groups -OCH3 is 1. The van der Waals surface area contributed by atoms with E-state index in [1.54, 1.807) is 7.11 Å². The Morgan fingerprint density at radius 1 is 1.32 bits per heavy atom. The van der Waals surface area contributed by atoms with E-state index in [0.29, 0.717) is 0 Å². The molecule has 4 rings (SSSR count). The molecule has 2 aromatic heterocycles. The summed E-state index contributed by atoms with van der Waals surface area (Å²) in [5.41, 5.74) is 5.07. The number of imidazole rings is 1. The van der Waals surface area contributed by atoms with Crippen LogP contribution in [0.15, 0.2) is 30.7 Å². The first-order valence-electron chi connectivity index (χ1n) is 7.61. The standard InChI is InChI=1S/C17H20N4O/c1-12-15-7-14(22-2)3-4-16(15)19-17(12)10-20-5-6-21-11-18-8-13(21)9-20/h3-4,7-8,11,19H,5-6,9-10H2,1-2H3. The fraction of sp³-hybridized carbons (Fsp3) is 0.353. The van der Waals surface area contributed by atoms with Crippen LogP contribution in [0.3, 0.4) is 0 Å². The second kappa shape index (κ2) is 5.18. The Balaban J connectivity index is 1.61. The van der Waals surface area contributed by atoms with Crippen LogP contribution in [0.4, 0.5) is 0 Å². The third-order valence-corrected chi connectivity index (χ3v) is 4.59. The zero-order chi connectivity index (χ0) is 15.1. The fourth-order valence-electron chi connectivity index (χ4n) is 3.24. The number of hydrogen-bond donors (Lipinski definition) is 1. The number of aryl methyl sites for hydroxylation is 1. The van der Waals surface area contributed by atoms with Crippen LogP contribution >= 0.6 is 0 Å². The molecule has 0 saturated carbocycles. The summed E-state index contributed by atoms with van der Waals surface area (Å²) in [6, 6.07) is 6.20. The van der Waals surface area contributed by atoms with Gasteiger partial charge in [-0.05, 0) is 30.7 Å². The second-order valence-corrected chi connectivity index (χ2v) is 5.93. The van der Waals surface area contributed by atoms with E-state index < -0.39 is 0 Å². The van der Waals surface area contributed by atoms with Crippen molar-refractivity contribution in [3.8, 4) is 5.75 Å². The maximum atomic E-state index is 5.33. The van der Waals surface area contributed by atoms with Gasteiger partial charge in [0.25, 0.3) is 0 Å². The monoisotopic (exact) mass is 296 g/mol. The van der Waals surface area contributed by atoms with Gasteiger partial charge in [-0.3, -0.25) is 4.90 Å². The zero-order valence-electron chi connectivity index (χ0n) is 13.0. The van der Waals surface area contributed by atoms with Crippen molar-refractivity contribution in [2.24, 2.45) is 0 Å². The second-order valence-electron chi connectivity index (χ2n) is 5.93. The summed E-state index contributed by atoms with van der Waals surface area (Å²) in [6.45, 7) is 6.15. The predicted molar refractivity (Wildman–Crippen MR) is 85.9 cm³/mol. The van der Waals surface area contributed by atoms with Crippen LogP contribution in [0, 0.1) is 6.92 Å². The van der Waals surface area contributed by atoms with Crippen molar-refractivity contribution < 1.29 is 4.74 Å². The van der Waals surface area contributed by atoms with E-state index in [4.69, 9.17) is 4.74 Å². The summed E-state index contributed by atoms with van der Waals surface area (Å²) < 4.78 is 7.57. The van der Waals surface area contributed by atoms with Crippen molar-refractivity contribution in [3.05, 3.63) is 47.7 Å². The van der Waals surface area contributed by atoms with Crippen molar-refractivity contribution in [1.82, 2.24) is 19.4 Å². The molecular weight excluding hydrogens is 276 g/mol. The Labute approximate surface area is 129 Å². The predicted octanol–water partition coefficient (Wildman–Crippen LogP) is 2.70. The van der Waals surface area contributed by atoms with Gasteiger partial charge in [0.05, 0.1) is 19.1 Å². The molecular formula is C17H20N4O. The third kappa shape index (κ3) is 2.18. The average Bonchev–Trinajstić information content (AvgIpc) is 3.12. The molecule has 22 heavy (non-hydrogen) atoms. The van der Waals surface area contributed by atoms with Gasteiger partial charge in [0.15, 0.2) is 0 Å². The molecule has 0 unspecified atom stereocenters. The Morgan fingerprint density at radius 3 is 3.09 bits per heavy atom. The third-order valence-electron chi connectivity index (χ3n) is 4.59. The van der Waals surface area contributed by atoms with Gasteiger partial charge in [-0.15, -0.1) is 0 Å². The summed E-state index contributed by atoms with van der Waals surface area (Å²) in [5, 5.41) is 1.25. The number of nitrogens with zero attached hydrogens (tertiary/aromatic N) is 3. The van der Waals surface area contributed by atoms with Gasteiger partial charge in [0.1, 0.15) is 5.75 Å². The van der Waals surface area contributed by atoms with Crippen LogP contribution in [-0.4, -0.2) is 33.1 Å². The number of H-pyrrole nitrogens is 1. The van der Waals surface area contributed by atoms with E-state index in [9.17, 15) is 0 Å². The smallest absolute Gasteiger partial charge is 0.119 e. The Kier molecular flexibility index (Phi) is 3.15. The zero-order valence-corrected chi connectivity index (χ0v) is 13.0. The lowest BCUT2D eigenvalue weighted by molar-refractivity contribution is 0.211. The number of rotatable bonds is 3. The highest BCUT2D eigenvalue weighted by Gasteiger charge is 2.18. The Bertz CT molecular complexity index is 817. The molecule has 5 nitrogen and oxygen atoms in total. The maximum absolute atomic E-state index is 5.33. The fourth-order valence-corrected chi connectivity index (χ4v) is 3.24. The van der Waals surface area contributed by atoms with E-state index in [0.717, 1.165) is 31.9 Å². The molecule has 3 aromatic rings. The van der Waals surface area contributed by atoms with Crippen molar-refractivity contribution >= 4 is 10.9 Å². The average molecular weight is 296 g/mol. The molecule has 0 radical (unpaired) electrons. The number of aromatic nitrogens is 3. The Hall–Kier alpha value is -2.27. The first-order chi connectivity index (χ1) is 10.7. The molecule has 1 aromatic carbocycles. The topological polar surface area (TPSA) is 46.1 Å². The van der Waals surface area contributed by atoms with E-state index in [1.165, 1.54) is 27.9 Å². The molecule has 1 aliphatic heterocycles. The molecule has 1 N–H and O–H groups in total. The number of hydrogen-bond acceptors (Lipinski definition) is 3. The van der Waals surface area contributed by atoms with Crippen LogP contribution < -0.4 is 4.74 Å². The van der Waals surface area contributed by atoms with Crippen LogP contribution in [0.25, 0.3) is 10.9 Å². The van der Waals surface area contributed by atoms with E-state index in [2.05, 4.69) is 38.5 Å². The van der Waals surface area contributed by atoms with Crippen LogP contribution in [0.2, 0.25) is 0 Å². The summed E-state index contributed by atoms with van der Waals surface area (Å²) in [4.78, 5) is 10.3. The lowest BCUT2D eigenvalue weighted by Crippen LogP contribution is -2.32. The lowest BCUT2D eigenvalue weighted by atomic mass is 10.1.